The zero-order valence-corrected chi connectivity index (χ0v) is 16.5. The van der Waals surface area contributed by atoms with Crippen LogP contribution in [0.2, 0.25) is 0 Å². The molecule has 0 aliphatic rings. The van der Waals surface area contributed by atoms with E-state index in [4.69, 9.17) is 14.2 Å². The topological polar surface area (TPSA) is 86.2 Å². The number of nitrogens with one attached hydrogen (secondary N) is 1. The number of hydrogen-bond acceptors (Lipinski definition) is 6. The summed E-state index contributed by atoms with van der Waals surface area (Å²) in [7, 11) is 3.11. The van der Waals surface area contributed by atoms with E-state index in [-0.39, 0.29) is 5.91 Å². The highest BCUT2D eigenvalue weighted by Crippen LogP contribution is 2.19. The van der Waals surface area contributed by atoms with Gasteiger partial charge in [0.05, 0.1) is 26.0 Å². The zero-order chi connectivity index (χ0) is 21.3. The Hall–Kier alpha value is -4.13. The predicted molar refractivity (Wildman–Crippen MR) is 112 cm³/mol. The number of hydrazone groups is 1. The summed E-state index contributed by atoms with van der Waals surface area (Å²) in [5.74, 6) is 0.734. The maximum atomic E-state index is 12.4. The first kappa shape index (κ1) is 20.6. The normalized spacial score (nSPS) is 10.5. The van der Waals surface area contributed by atoms with Crippen molar-refractivity contribution in [3.63, 3.8) is 0 Å². The third-order valence-electron chi connectivity index (χ3n) is 4.17. The fourth-order valence-electron chi connectivity index (χ4n) is 2.53. The molecule has 0 atom stereocenters. The van der Waals surface area contributed by atoms with E-state index >= 15 is 0 Å². The lowest BCUT2D eigenvalue weighted by Crippen LogP contribution is -2.17. The van der Waals surface area contributed by atoms with E-state index in [1.807, 2.05) is 0 Å². The van der Waals surface area contributed by atoms with E-state index < -0.39 is 5.97 Å². The maximum Gasteiger partial charge on any atom is 0.343 e. The van der Waals surface area contributed by atoms with E-state index in [0.29, 0.717) is 33.9 Å². The Morgan fingerprint density at radius 1 is 0.800 bits per heavy atom. The number of rotatable bonds is 7. The molecule has 1 N–H and O–H groups in total. The van der Waals surface area contributed by atoms with Gasteiger partial charge >= 0.3 is 5.97 Å². The summed E-state index contributed by atoms with van der Waals surface area (Å²) in [5, 5.41) is 3.96. The van der Waals surface area contributed by atoms with Crippen molar-refractivity contribution in [2.45, 2.75) is 0 Å². The van der Waals surface area contributed by atoms with Gasteiger partial charge in [-0.2, -0.15) is 5.10 Å². The fourth-order valence-corrected chi connectivity index (χ4v) is 2.53. The number of para-hydroxylation sites is 1. The van der Waals surface area contributed by atoms with E-state index in [1.165, 1.54) is 6.21 Å². The van der Waals surface area contributed by atoms with Crippen LogP contribution < -0.4 is 19.6 Å². The minimum Gasteiger partial charge on any atom is -0.497 e. The lowest BCUT2D eigenvalue weighted by Gasteiger charge is -2.08. The van der Waals surface area contributed by atoms with Crippen LogP contribution in [0, 0.1) is 0 Å². The molecule has 0 aromatic heterocycles. The van der Waals surface area contributed by atoms with Gasteiger partial charge in [-0.15, -0.1) is 0 Å². The monoisotopic (exact) mass is 404 g/mol. The number of nitrogens with zero attached hydrogens (tertiary/aromatic N) is 1. The molecule has 0 aliphatic carbocycles. The van der Waals surface area contributed by atoms with Crippen molar-refractivity contribution in [2.75, 3.05) is 14.2 Å². The van der Waals surface area contributed by atoms with Crippen LogP contribution in [0.5, 0.6) is 17.2 Å². The van der Waals surface area contributed by atoms with E-state index in [1.54, 1.807) is 87.0 Å². The Balaban J connectivity index is 1.66. The second-order valence-corrected chi connectivity index (χ2v) is 6.08. The maximum absolute atomic E-state index is 12.4. The minimum atomic E-state index is -0.513. The van der Waals surface area contributed by atoms with Crippen molar-refractivity contribution < 1.29 is 23.8 Å². The summed E-state index contributed by atoms with van der Waals surface area (Å²) >= 11 is 0. The Labute approximate surface area is 173 Å². The van der Waals surface area contributed by atoms with Crippen LogP contribution in [-0.4, -0.2) is 32.3 Å². The lowest BCUT2D eigenvalue weighted by atomic mass is 10.2. The van der Waals surface area contributed by atoms with Crippen LogP contribution in [0.1, 0.15) is 26.3 Å². The Morgan fingerprint density at radius 2 is 1.37 bits per heavy atom. The number of carbonyl (C=O) groups excluding carboxylic acids is 2. The third-order valence-corrected chi connectivity index (χ3v) is 4.17. The summed E-state index contributed by atoms with van der Waals surface area (Å²) in [6, 6.07) is 20.1. The zero-order valence-electron chi connectivity index (χ0n) is 16.5. The van der Waals surface area contributed by atoms with Crippen LogP contribution >= 0.6 is 0 Å². The molecule has 0 bridgehead atoms. The number of ether oxygens (including phenoxy) is 3. The third kappa shape index (κ3) is 5.23. The van der Waals surface area contributed by atoms with Gasteiger partial charge in [0.2, 0.25) is 0 Å². The van der Waals surface area contributed by atoms with Crippen LogP contribution in [0.25, 0.3) is 0 Å². The molecule has 0 radical (unpaired) electrons. The molecule has 3 aromatic carbocycles. The minimum absolute atomic E-state index is 0.320. The van der Waals surface area contributed by atoms with Crippen LogP contribution in [0.15, 0.2) is 77.9 Å². The summed E-state index contributed by atoms with van der Waals surface area (Å²) in [4.78, 5) is 24.6. The van der Waals surface area contributed by atoms with Gasteiger partial charge < -0.3 is 14.2 Å². The number of esters is 1. The lowest BCUT2D eigenvalue weighted by molar-refractivity contribution is 0.0734. The van der Waals surface area contributed by atoms with Crippen molar-refractivity contribution in [1.29, 1.82) is 0 Å². The van der Waals surface area contributed by atoms with Crippen molar-refractivity contribution in [3.8, 4) is 17.2 Å². The highest BCUT2D eigenvalue weighted by molar-refractivity contribution is 5.96. The van der Waals surface area contributed by atoms with E-state index in [9.17, 15) is 9.59 Å². The van der Waals surface area contributed by atoms with Gasteiger partial charge in [0, 0.05) is 11.1 Å². The standard InChI is InChI=1S/C23H20N2O5/c1-28-19-11-7-16(8-12-19)22(26)25-24-15-18-5-3-4-6-21(18)30-23(27)17-9-13-20(29-2)14-10-17/h3-15H,1-2H3,(H,25,26)/b24-15-. The first-order chi connectivity index (χ1) is 14.6. The molecule has 152 valence electrons. The van der Waals surface area contributed by atoms with Crippen molar-refractivity contribution in [3.05, 3.63) is 89.5 Å². The van der Waals surface area contributed by atoms with Gasteiger partial charge in [-0.3, -0.25) is 4.79 Å². The number of amides is 1. The van der Waals surface area contributed by atoms with Gasteiger partial charge in [0.1, 0.15) is 17.2 Å². The molecule has 7 heteroatoms. The highest BCUT2D eigenvalue weighted by Gasteiger charge is 2.11. The molecule has 1 amide bonds. The van der Waals surface area contributed by atoms with Gasteiger partial charge in [0.15, 0.2) is 0 Å². The van der Waals surface area contributed by atoms with Gasteiger partial charge in [-0.05, 0) is 60.7 Å². The molecule has 0 aliphatic heterocycles. The molecule has 0 spiro atoms. The molecular weight excluding hydrogens is 384 g/mol. The first-order valence-electron chi connectivity index (χ1n) is 9.03. The predicted octanol–water partition coefficient (Wildman–Crippen LogP) is 3.69. The van der Waals surface area contributed by atoms with Gasteiger partial charge in [-0.1, -0.05) is 12.1 Å². The van der Waals surface area contributed by atoms with Crippen molar-refractivity contribution >= 4 is 18.1 Å². The fraction of sp³-hybridized carbons (Fsp3) is 0.0870. The van der Waals surface area contributed by atoms with Crippen molar-refractivity contribution in [1.82, 2.24) is 5.43 Å². The molecule has 0 fully saturated rings. The Bertz CT molecular complexity index is 1040. The summed E-state index contributed by atoms with van der Waals surface area (Å²) in [6.07, 6.45) is 1.41. The molecule has 3 aromatic rings. The Morgan fingerprint density at radius 3 is 1.97 bits per heavy atom. The Kier molecular flexibility index (Phi) is 6.78. The quantitative estimate of drug-likeness (QED) is 0.281. The van der Waals surface area contributed by atoms with Gasteiger partial charge in [-0.25, -0.2) is 10.2 Å². The number of carbonyl (C=O) groups is 2. The van der Waals surface area contributed by atoms with Crippen LogP contribution in [0.3, 0.4) is 0 Å². The first-order valence-corrected chi connectivity index (χ1v) is 9.03. The summed E-state index contributed by atoms with van der Waals surface area (Å²) in [6.45, 7) is 0. The number of hydrogen-bond donors (Lipinski definition) is 1. The van der Waals surface area contributed by atoms with Crippen LogP contribution in [0.4, 0.5) is 0 Å². The summed E-state index contributed by atoms with van der Waals surface area (Å²) in [5.41, 5.74) is 3.80. The molecule has 3 rings (SSSR count). The van der Waals surface area contributed by atoms with Gasteiger partial charge in [0.25, 0.3) is 5.91 Å². The smallest absolute Gasteiger partial charge is 0.343 e. The average Bonchev–Trinajstić information content (AvgIpc) is 2.80. The van der Waals surface area contributed by atoms with E-state index in [0.717, 1.165) is 0 Å². The SMILES string of the molecule is COc1ccc(C(=O)N/N=C\c2ccccc2OC(=O)c2ccc(OC)cc2)cc1. The van der Waals surface area contributed by atoms with Crippen molar-refractivity contribution in [2.24, 2.45) is 5.10 Å². The molecule has 0 heterocycles. The average molecular weight is 404 g/mol. The number of methoxy groups -OCH3 is 2. The molecule has 0 saturated heterocycles. The summed E-state index contributed by atoms with van der Waals surface area (Å²) < 4.78 is 15.6. The van der Waals surface area contributed by atoms with E-state index in [2.05, 4.69) is 10.5 Å². The molecule has 7 nitrogen and oxygen atoms in total. The molecular formula is C23H20N2O5. The van der Waals surface area contributed by atoms with Crippen LogP contribution in [-0.2, 0) is 0 Å². The molecule has 0 unspecified atom stereocenters. The highest BCUT2D eigenvalue weighted by atomic mass is 16.5. The molecule has 30 heavy (non-hydrogen) atoms. The second kappa shape index (κ2) is 9.88. The second-order valence-electron chi connectivity index (χ2n) is 6.08. The largest absolute Gasteiger partial charge is 0.497 e. The number of benzene rings is 3. The molecule has 0 saturated carbocycles.